The normalized spacial score (nSPS) is 15.0. The van der Waals surface area contributed by atoms with Gasteiger partial charge in [-0.15, -0.1) is 0 Å². The molecule has 5 nitrogen and oxygen atoms in total. The average molecular weight is 338 g/mol. The third-order valence-electron chi connectivity index (χ3n) is 4.63. The molecule has 3 rings (SSSR count). The fourth-order valence-electron chi connectivity index (χ4n) is 3.21. The monoisotopic (exact) mass is 338 g/mol. The second-order valence-electron chi connectivity index (χ2n) is 6.54. The van der Waals surface area contributed by atoms with Crippen molar-refractivity contribution in [3.8, 4) is 0 Å². The van der Waals surface area contributed by atoms with Crippen LogP contribution in [0.25, 0.3) is 0 Å². The smallest absolute Gasteiger partial charge is 0.319 e. The van der Waals surface area contributed by atoms with E-state index < -0.39 is 0 Å². The minimum absolute atomic E-state index is 0.00694. The fraction of sp³-hybridized carbons (Fsp3) is 0.400. The Labute approximate surface area is 149 Å². The summed E-state index contributed by atoms with van der Waals surface area (Å²) in [5, 5.41) is 6.05. The Bertz CT molecular complexity index is 708. The van der Waals surface area contributed by atoms with Crippen molar-refractivity contribution in [1.29, 1.82) is 0 Å². The van der Waals surface area contributed by atoms with Gasteiger partial charge in [0.15, 0.2) is 5.82 Å². The first-order chi connectivity index (χ1) is 12.2. The summed E-state index contributed by atoms with van der Waals surface area (Å²) >= 11 is 0. The lowest BCUT2D eigenvalue weighted by Crippen LogP contribution is -2.33. The van der Waals surface area contributed by atoms with Crippen LogP contribution >= 0.6 is 0 Å². The van der Waals surface area contributed by atoms with Gasteiger partial charge < -0.3 is 15.5 Å². The van der Waals surface area contributed by atoms with Crippen LogP contribution in [0.1, 0.15) is 43.4 Å². The topological polar surface area (TPSA) is 57.3 Å². The van der Waals surface area contributed by atoms with Crippen LogP contribution < -0.4 is 15.5 Å². The molecule has 1 atom stereocenters. The number of urea groups is 1. The van der Waals surface area contributed by atoms with Gasteiger partial charge in [0, 0.05) is 19.3 Å². The van der Waals surface area contributed by atoms with Crippen LogP contribution in [0.2, 0.25) is 0 Å². The SMILES string of the molecule is CCC(NC(=O)Nc1cccnc1N1CCCC1)c1ccc(C)cc1. The van der Waals surface area contributed by atoms with Crippen LogP contribution in [0, 0.1) is 6.92 Å². The highest BCUT2D eigenvalue weighted by atomic mass is 16.2. The molecule has 1 unspecified atom stereocenters. The maximum Gasteiger partial charge on any atom is 0.319 e. The summed E-state index contributed by atoms with van der Waals surface area (Å²) in [6.45, 7) is 6.13. The Morgan fingerprint density at radius 1 is 1.20 bits per heavy atom. The first kappa shape index (κ1) is 17.3. The molecule has 1 aromatic heterocycles. The van der Waals surface area contributed by atoms with E-state index in [2.05, 4.69) is 58.6 Å². The molecule has 0 bridgehead atoms. The summed E-state index contributed by atoms with van der Waals surface area (Å²) in [7, 11) is 0. The molecule has 1 aromatic carbocycles. The molecular formula is C20H26N4O. The standard InChI is InChI=1S/C20H26N4O/c1-3-17(16-10-8-15(2)9-11-16)22-20(25)23-18-7-6-12-21-19(18)24-13-4-5-14-24/h6-12,17H,3-5,13-14H2,1-2H3,(H2,22,23,25). The van der Waals surface area contributed by atoms with Crippen LogP contribution in [0.3, 0.4) is 0 Å². The van der Waals surface area contributed by atoms with Crippen molar-refractivity contribution >= 4 is 17.5 Å². The predicted octanol–water partition coefficient (Wildman–Crippen LogP) is 4.26. The van der Waals surface area contributed by atoms with Gasteiger partial charge in [-0.2, -0.15) is 0 Å². The van der Waals surface area contributed by atoms with Crippen molar-refractivity contribution in [2.24, 2.45) is 0 Å². The number of aryl methyl sites for hydroxylation is 1. The molecule has 25 heavy (non-hydrogen) atoms. The molecule has 1 saturated heterocycles. The van der Waals surface area contributed by atoms with Crippen molar-refractivity contribution in [2.45, 2.75) is 39.2 Å². The largest absolute Gasteiger partial charge is 0.355 e. The van der Waals surface area contributed by atoms with Crippen molar-refractivity contribution in [2.75, 3.05) is 23.3 Å². The van der Waals surface area contributed by atoms with Crippen molar-refractivity contribution < 1.29 is 4.79 Å². The number of aromatic nitrogens is 1. The van der Waals surface area contributed by atoms with Crippen molar-refractivity contribution in [1.82, 2.24) is 10.3 Å². The number of nitrogens with zero attached hydrogens (tertiary/aromatic N) is 2. The lowest BCUT2D eigenvalue weighted by molar-refractivity contribution is 0.248. The Hall–Kier alpha value is -2.56. The van der Waals surface area contributed by atoms with Gasteiger partial charge in [-0.3, -0.25) is 0 Å². The van der Waals surface area contributed by atoms with E-state index in [1.807, 2.05) is 12.1 Å². The molecule has 0 spiro atoms. The predicted molar refractivity (Wildman–Crippen MR) is 102 cm³/mol. The first-order valence-electron chi connectivity index (χ1n) is 9.01. The highest BCUT2D eigenvalue weighted by Gasteiger charge is 2.19. The zero-order valence-electron chi connectivity index (χ0n) is 15.0. The van der Waals surface area contributed by atoms with E-state index in [4.69, 9.17) is 0 Å². The van der Waals surface area contributed by atoms with Crippen LogP contribution in [0.4, 0.5) is 16.3 Å². The van der Waals surface area contributed by atoms with Crippen molar-refractivity contribution in [3.63, 3.8) is 0 Å². The van der Waals surface area contributed by atoms with Gasteiger partial charge in [-0.1, -0.05) is 36.8 Å². The molecule has 2 amide bonds. The highest BCUT2D eigenvalue weighted by Crippen LogP contribution is 2.26. The number of nitrogens with one attached hydrogen (secondary N) is 2. The molecule has 1 aliphatic rings. The lowest BCUT2D eigenvalue weighted by atomic mass is 10.0. The number of carbonyl (C=O) groups is 1. The van der Waals surface area contributed by atoms with E-state index in [0.29, 0.717) is 0 Å². The van der Waals surface area contributed by atoms with Crippen molar-refractivity contribution in [3.05, 3.63) is 53.7 Å². The Balaban J connectivity index is 1.68. The Morgan fingerprint density at radius 3 is 2.60 bits per heavy atom. The maximum atomic E-state index is 12.5. The van der Waals surface area contributed by atoms with E-state index >= 15 is 0 Å². The number of anilines is 2. The van der Waals surface area contributed by atoms with E-state index in [1.165, 1.54) is 18.4 Å². The second-order valence-corrected chi connectivity index (χ2v) is 6.54. The average Bonchev–Trinajstić information content (AvgIpc) is 3.15. The van der Waals surface area contributed by atoms with Crippen LogP contribution in [-0.2, 0) is 0 Å². The third-order valence-corrected chi connectivity index (χ3v) is 4.63. The summed E-state index contributed by atoms with van der Waals surface area (Å²) in [6, 6.07) is 11.9. The molecule has 2 heterocycles. The van der Waals surface area contributed by atoms with Gasteiger partial charge in [0.05, 0.1) is 11.7 Å². The first-order valence-corrected chi connectivity index (χ1v) is 9.01. The number of rotatable bonds is 5. The number of hydrogen-bond acceptors (Lipinski definition) is 3. The number of hydrogen-bond donors (Lipinski definition) is 2. The summed E-state index contributed by atoms with van der Waals surface area (Å²) in [5.74, 6) is 0.860. The molecule has 132 valence electrons. The number of amides is 2. The van der Waals surface area contributed by atoms with Crippen LogP contribution in [0.5, 0.6) is 0 Å². The minimum Gasteiger partial charge on any atom is -0.355 e. The summed E-state index contributed by atoms with van der Waals surface area (Å²) in [4.78, 5) is 19.2. The van der Waals surface area contributed by atoms with E-state index in [0.717, 1.165) is 36.6 Å². The zero-order valence-corrected chi connectivity index (χ0v) is 15.0. The lowest BCUT2D eigenvalue weighted by Gasteiger charge is -2.22. The van der Waals surface area contributed by atoms with Gasteiger partial charge in [0.1, 0.15) is 0 Å². The van der Waals surface area contributed by atoms with Gasteiger partial charge >= 0.3 is 6.03 Å². The third kappa shape index (κ3) is 4.29. The molecular weight excluding hydrogens is 312 g/mol. The zero-order chi connectivity index (χ0) is 17.6. The highest BCUT2D eigenvalue weighted by molar-refractivity contribution is 5.92. The van der Waals surface area contributed by atoms with Gasteiger partial charge in [0.25, 0.3) is 0 Å². The number of carbonyl (C=O) groups excluding carboxylic acids is 1. The summed E-state index contributed by atoms with van der Waals surface area (Å²) in [5.41, 5.74) is 3.10. The second kappa shape index (κ2) is 8.01. The molecule has 5 heteroatoms. The minimum atomic E-state index is -0.194. The Kier molecular flexibility index (Phi) is 5.53. The molecule has 2 N–H and O–H groups in total. The quantitative estimate of drug-likeness (QED) is 0.856. The molecule has 0 aliphatic carbocycles. The molecule has 1 fully saturated rings. The fourth-order valence-corrected chi connectivity index (χ4v) is 3.21. The van der Waals surface area contributed by atoms with Gasteiger partial charge in [0.2, 0.25) is 0 Å². The van der Waals surface area contributed by atoms with E-state index in [9.17, 15) is 4.79 Å². The summed E-state index contributed by atoms with van der Waals surface area (Å²) in [6.07, 6.45) is 4.96. The molecule has 0 saturated carbocycles. The summed E-state index contributed by atoms with van der Waals surface area (Å²) < 4.78 is 0. The van der Waals surface area contributed by atoms with E-state index in [1.54, 1.807) is 6.20 Å². The molecule has 1 aliphatic heterocycles. The van der Waals surface area contributed by atoms with E-state index in [-0.39, 0.29) is 12.1 Å². The Morgan fingerprint density at radius 2 is 1.92 bits per heavy atom. The van der Waals surface area contributed by atoms with Crippen LogP contribution in [0.15, 0.2) is 42.6 Å². The van der Waals surface area contributed by atoms with Gasteiger partial charge in [-0.05, 0) is 43.9 Å². The maximum absolute atomic E-state index is 12.5. The van der Waals surface area contributed by atoms with Crippen LogP contribution in [-0.4, -0.2) is 24.1 Å². The van der Waals surface area contributed by atoms with Gasteiger partial charge in [-0.25, -0.2) is 9.78 Å². The molecule has 0 radical (unpaired) electrons. The number of benzene rings is 1. The molecule has 2 aromatic rings. The number of pyridine rings is 1.